The van der Waals surface area contributed by atoms with Gasteiger partial charge in [-0.3, -0.25) is 4.79 Å². The first kappa shape index (κ1) is 12.9. The summed E-state index contributed by atoms with van der Waals surface area (Å²) in [7, 11) is 4.05. The predicted molar refractivity (Wildman–Crippen MR) is 66.4 cm³/mol. The molecule has 0 aromatic rings. The highest BCUT2D eigenvalue weighted by molar-refractivity contribution is 6.11. The Balaban J connectivity index is 2.17. The second kappa shape index (κ2) is 6.46. The summed E-state index contributed by atoms with van der Waals surface area (Å²) in [6.07, 6.45) is 7.13. The second-order valence-electron chi connectivity index (χ2n) is 4.20. The van der Waals surface area contributed by atoms with Gasteiger partial charge in [-0.15, -0.1) is 0 Å². The van der Waals surface area contributed by atoms with E-state index < -0.39 is 0 Å². The van der Waals surface area contributed by atoms with Crippen molar-refractivity contribution in [2.75, 3.05) is 20.2 Å². The Kier molecular flexibility index (Phi) is 5.22. The van der Waals surface area contributed by atoms with E-state index in [1.54, 1.807) is 0 Å². The lowest BCUT2D eigenvalue weighted by Crippen LogP contribution is -2.40. The number of hydrogen-bond donors (Lipinski definition) is 0. The Labute approximate surface area is 98.6 Å². The zero-order chi connectivity index (χ0) is 12.0. The van der Waals surface area contributed by atoms with Gasteiger partial charge in [0.1, 0.15) is 6.54 Å². The molecule has 4 nitrogen and oxygen atoms in total. The molecule has 0 saturated heterocycles. The molecule has 0 radical (unpaired) electrons. The standard InChI is InChI=1S/C11H21BN2O2/c1-3-4-5-8-16-10(15)9-14-7-6-13(2)11(14)12/h6-7,11H,3-5,8-9,12H2,1-2H3. The SMILES string of the molecule is BC1N(C)C=CN1CC(=O)OCCCCC. The molecular weight excluding hydrogens is 203 g/mol. The number of ether oxygens (including phenoxy) is 1. The van der Waals surface area contributed by atoms with Gasteiger partial charge < -0.3 is 14.5 Å². The largest absolute Gasteiger partial charge is 0.464 e. The van der Waals surface area contributed by atoms with Crippen LogP contribution < -0.4 is 0 Å². The van der Waals surface area contributed by atoms with E-state index in [1.165, 1.54) is 0 Å². The van der Waals surface area contributed by atoms with Crippen molar-refractivity contribution < 1.29 is 9.53 Å². The first-order chi connectivity index (χ1) is 7.65. The highest BCUT2D eigenvalue weighted by Gasteiger charge is 2.20. The number of unbranched alkanes of at least 4 members (excludes halogenated alkanes) is 2. The molecule has 0 bridgehead atoms. The number of carbonyl (C=O) groups is 1. The highest BCUT2D eigenvalue weighted by atomic mass is 16.5. The number of hydrogen-bond acceptors (Lipinski definition) is 4. The molecule has 5 heteroatoms. The summed E-state index contributed by atoms with van der Waals surface area (Å²) in [5.74, 6) is -0.136. The third-order valence-electron chi connectivity index (χ3n) is 2.89. The van der Waals surface area contributed by atoms with E-state index in [1.807, 2.05) is 24.3 Å². The van der Waals surface area contributed by atoms with Crippen molar-refractivity contribution >= 4 is 13.8 Å². The molecule has 1 aliphatic rings. The maximum absolute atomic E-state index is 11.5. The normalized spacial score (nSPS) is 19.2. The summed E-state index contributed by atoms with van der Waals surface area (Å²) in [5.41, 5.74) is 0. The lowest BCUT2D eigenvalue weighted by molar-refractivity contribution is -0.144. The van der Waals surface area contributed by atoms with Crippen molar-refractivity contribution in [2.45, 2.75) is 32.3 Å². The number of esters is 1. The van der Waals surface area contributed by atoms with Crippen molar-refractivity contribution in [1.29, 1.82) is 0 Å². The summed E-state index contributed by atoms with van der Waals surface area (Å²) in [4.78, 5) is 15.5. The summed E-state index contributed by atoms with van der Waals surface area (Å²) < 4.78 is 5.16. The molecule has 0 N–H and O–H groups in total. The monoisotopic (exact) mass is 224 g/mol. The number of carbonyl (C=O) groups excluding carboxylic acids is 1. The molecule has 1 rings (SSSR count). The molecule has 0 aliphatic carbocycles. The Morgan fingerprint density at radius 3 is 2.75 bits per heavy atom. The summed E-state index contributed by atoms with van der Waals surface area (Å²) in [6.45, 7) is 3.02. The first-order valence-corrected chi connectivity index (χ1v) is 5.96. The lowest BCUT2D eigenvalue weighted by Gasteiger charge is -2.26. The molecule has 0 amide bonds. The van der Waals surface area contributed by atoms with Gasteiger partial charge in [-0.25, -0.2) is 0 Å². The average Bonchev–Trinajstić information content (AvgIpc) is 2.56. The van der Waals surface area contributed by atoms with Gasteiger partial charge >= 0.3 is 5.97 Å². The van der Waals surface area contributed by atoms with Crippen molar-refractivity contribution in [1.82, 2.24) is 9.80 Å². The van der Waals surface area contributed by atoms with Crippen molar-refractivity contribution in [3.63, 3.8) is 0 Å². The quantitative estimate of drug-likeness (QED) is 0.370. The average molecular weight is 224 g/mol. The minimum atomic E-state index is -0.136. The van der Waals surface area contributed by atoms with Crippen LogP contribution in [0.15, 0.2) is 12.4 Å². The van der Waals surface area contributed by atoms with Crippen LogP contribution in [0.25, 0.3) is 0 Å². The van der Waals surface area contributed by atoms with E-state index in [2.05, 4.69) is 19.7 Å². The van der Waals surface area contributed by atoms with Gasteiger partial charge in [0.15, 0.2) is 7.85 Å². The minimum Gasteiger partial charge on any atom is -0.464 e. The van der Waals surface area contributed by atoms with Gasteiger partial charge in [-0.1, -0.05) is 19.8 Å². The maximum atomic E-state index is 11.5. The third kappa shape index (κ3) is 3.79. The molecule has 1 heterocycles. The molecule has 1 aliphatic heterocycles. The Morgan fingerprint density at radius 2 is 2.19 bits per heavy atom. The molecule has 1 atom stereocenters. The molecular formula is C11H21BN2O2. The van der Waals surface area contributed by atoms with E-state index in [0.29, 0.717) is 13.2 Å². The van der Waals surface area contributed by atoms with Gasteiger partial charge in [-0.05, 0) is 6.42 Å². The molecule has 1 unspecified atom stereocenters. The van der Waals surface area contributed by atoms with Crippen LogP contribution in [0.2, 0.25) is 0 Å². The second-order valence-corrected chi connectivity index (χ2v) is 4.20. The molecule has 0 saturated carbocycles. The number of nitrogens with zero attached hydrogens (tertiary/aromatic N) is 2. The van der Waals surface area contributed by atoms with E-state index >= 15 is 0 Å². The fraction of sp³-hybridized carbons (Fsp3) is 0.727. The van der Waals surface area contributed by atoms with Crippen LogP contribution in [0.4, 0.5) is 0 Å². The van der Waals surface area contributed by atoms with Crippen LogP contribution in [0.3, 0.4) is 0 Å². The summed E-state index contributed by atoms with van der Waals surface area (Å²) >= 11 is 0. The van der Waals surface area contributed by atoms with Crippen molar-refractivity contribution in [2.24, 2.45) is 0 Å². The highest BCUT2D eigenvalue weighted by Crippen LogP contribution is 2.10. The van der Waals surface area contributed by atoms with Crippen molar-refractivity contribution in [3.05, 3.63) is 12.4 Å². The molecule has 0 aromatic carbocycles. The first-order valence-electron chi connectivity index (χ1n) is 5.96. The Morgan fingerprint density at radius 1 is 1.44 bits per heavy atom. The maximum Gasteiger partial charge on any atom is 0.325 e. The topological polar surface area (TPSA) is 32.8 Å². The van der Waals surface area contributed by atoms with Crippen LogP contribution in [0.1, 0.15) is 26.2 Å². The van der Waals surface area contributed by atoms with Crippen LogP contribution in [0, 0.1) is 0 Å². The number of rotatable bonds is 6. The van der Waals surface area contributed by atoms with Gasteiger partial charge in [0.2, 0.25) is 0 Å². The fourth-order valence-corrected chi connectivity index (χ4v) is 1.59. The van der Waals surface area contributed by atoms with E-state index in [-0.39, 0.29) is 12.0 Å². The zero-order valence-electron chi connectivity index (χ0n) is 10.5. The molecule has 0 aromatic heterocycles. The zero-order valence-corrected chi connectivity index (χ0v) is 10.5. The van der Waals surface area contributed by atoms with Crippen molar-refractivity contribution in [3.8, 4) is 0 Å². The molecule has 16 heavy (non-hydrogen) atoms. The molecule has 90 valence electrons. The van der Waals surface area contributed by atoms with Gasteiger partial charge in [0.05, 0.1) is 12.7 Å². The van der Waals surface area contributed by atoms with Gasteiger partial charge in [0, 0.05) is 19.4 Å². The van der Waals surface area contributed by atoms with E-state index in [4.69, 9.17) is 4.74 Å². The van der Waals surface area contributed by atoms with Gasteiger partial charge in [0.25, 0.3) is 0 Å². The molecule has 0 spiro atoms. The van der Waals surface area contributed by atoms with E-state index in [0.717, 1.165) is 19.3 Å². The lowest BCUT2D eigenvalue weighted by atomic mass is 10.0. The smallest absolute Gasteiger partial charge is 0.325 e. The molecule has 0 fully saturated rings. The van der Waals surface area contributed by atoms with Gasteiger partial charge in [-0.2, -0.15) is 0 Å². The Hall–Kier alpha value is -1.13. The third-order valence-corrected chi connectivity index (χ3v) is 2.89. The summed E-state index contributed by atoms with van der Waals surface area (Å²) in [6, 6.07) is 0.239. The predicted octanol–water partition coefficient (Wildman–Crippen LogP) is 0.355. The van der Waals surface area contributed by atoms with Crippen LogP contribution >= 0.6 is 0 Å². The fourth-order valence-electron chi connectivity index (χ4n) is 1.59. The van der Waals surface area contributed by atoms with Crippen LogP contribution in [0.5, 0.6) is 0 Å². The van der Waals surface area contributed by atoms with Crippen LogP contribution in [-0.4, -0.2) is 49.9 Å². The van der Waals surface area contributed by atoms with Crippen LogP contribution in [-0.2, 0) is 9.53 Å². The van der Waals surface area contributed by atoms with E-state index in [9.17, 15) is 4.79 Å². The Bertz CT molecular complexity index is 258. The minimum absolute atomic E-state index is 0.136. The summed E-state index contributed by atoms with van der Waals surface area (Å²) in [5, 5.41) is 0.